The zero-order valence-corrected chi connectivity index (χ0v) is 12.1. The molecule has 0 saturated carbocycles. The summed E-state index contributed by atoms with van der Waals surface area (Å²) in [7, 11) is 1.47. The minimum atomic E-state index is -0.792. The molecule has 2 aromatic rings. The van der Waals surface area contributed by atoms with Crippen LogP contribution in [0.2, 0.25) is 0 Å². The van der Waals surface area contributed by atoms with Gasteiger partial charge in [0.2, 0.25) is 5.91 Å². The first-order chi connectivity index (χ1) is 10.9. The van der Waals surface area contributed by atoms with Gasteiger partial charge in [-0.15, -0.1) is 0 Å². The number of nitro benzene ring substituents is 1. The van der Waals surface area contributed by atoms with Gasteiger partial charge in [0, 0.05) is 18.7 Å². The van der Waals surface area contributed by atoms with Crippen LogP contribution in [0, 0.1) is 10.1 Å². The van der Waals surface area contributed by atoms with Crippen LogP contribution >= 0.6 is 0 Å². The summed E-state index contributed by atoms with van der Waals surface area (Å²) >= 11 is 0. The Labute approximate surface area is 131 Å². The molecule has 0 atom stereocenters. The number of esters is 1. The Morgan fingerprint density at radius 3 is 2.52 bits per heavy atom. The SMILES string of the molecule is CNc1c(C(=O)Oc2cccc(C(N)=O)c2)cccc1[N+](=O)[O-]. The second-order valence-electron chi connectivity index (χ2n) is 4.49. The Morgan fingerprint density at radius 1 is 1.22 bits per heavy atom. The predicted octanol–water partition coefficient (Wildman–Crippen LogP) is 1.95. The van der Waals surface area contributed by atoms with Crippen LogP contribution < -0.4 is 15.8 Å². The second-order valence-corrected chi connectivity index (χ2v) is 4.49. The van der Waals surface area contributed by atoms with Gasteiger partial charge in [-0.05, 0) is 24.3 Å². The van der Waals surface area contributed by atoms with Gasteiger partial charge in [0.25, 0.3) is 5.69 Å². The summed E-state index contributed by atoms with van der Waals surface area (Å²) in [6.07, 6.45) is 0. The Balaban J connectivity index is 2.35. The van der Waals surface area contributed by atoms with Crippen LogP contribution in [0.15, 0.2) is 42.5 Å². The van der Waals surface area contributed by atoms with E-state index in [0.29, 0.717) is 0 Å². The molecule has 118 valence electrons. The van der Waals surface area contributed by atoms with E-state index in [-0.39, 0.29) is 28.3 Å². The number of amides is 1. The van der Waals surface area contributed by atoms with Crippen LogP contribution in [0.3, 0.4) is 0 Å². The average molecular weight is 315 g/mol. The summed E-state index contributed by atoms with van der Waals surface area (Å²) < 4.78 is 5.16. The molecule has 0 aliphatic carbocycles. The van der Waals surface area contributed by atoms with E-state index in [0.717, 1.165) is 0 Å². The molecule has 0 radical (unpaired) electrons. The van der Waals surface area contributed by atoms with Gasteiger partial charge in [-0.25, -0.2) is 4.79 Å². The lowest BCUT2D eigenvalue weighted by molar-refractivity contribution is -0.384. The number of para-hydroxylation sites is 1. The highest BCUT2D eigenvalue weighted by Crippen LogP contribution is 2.28. The fraction of sp³-hybridized carbons (Fsp3) is 0.0667. The van der Waals surface area contributed by atoms with Gasteiger partial charge in [-0.3, -0.25) is 14.9 Å². The third-order valence-electron chi connectivity index (χ3n) is 3.04. The number of primary amides is 1. The van der Waals surface area contributed by atoms with Gasteiger partial charge < -0.3 is 15.8 Å². The summed E-state index contributed by atoms with van der Waals surface area (Å²) in [5, 5.41) is 13.6. The van der Waals surface area contributed by atoms with Crippen molar-refractivity contribution in [2.45, 2.75) is 0 Å². The molecule has 2 rings (SSSR count). The van der Waals surface area contributed by atoms with Crippen molar-refractivity contribution in [3.05, 3.63) is 63.7 Å². The molecular weight excluding hydrogens is 302 g/mol. The molecule has 0 saturated heterocycles. The molecule has 0 fully saturated rings. The molecule has 0 spiro atoms. The maximum atomic E-state index is 12.2. The molecule has 0 bridgehead atoms. The molecular formula is C15H13N3O5. The van der Waals surface area contributed by atoms with E-state index in [4.69, 9.17) is 10.5 Å². The van der Waals surface area contributed by atoms with Crippen molar-refractivity contribution in [3.63, 3.8) is 0 Å². The summed E-state index contributed by atoms with van der Waals surface area (Å²) in [5.74, 6) is -1.34. The molecule has 1 amide bonds. The zero-order valence-electron chi connectivity index (χ0n) is 12.1. The van der Waals surface area contributed by atoms with Crippen LogP contribution in [-0.2, 0) is 0 Å². The Bertz CT molecular complexity index is 788. The van der Waals surface area contributed by atoms with E-state index < -0.39 is 16.8 Å². The van der Waals surface area contributed by atoms with Gasteiger partial charge in [-0.2, -0.15) is 0 Å². The van der Waals surface area contributed by atoms with E-state index in [1.54, 1.807) is 0 Å². The molecule has 2 aromatic carbocycles. The largest absolute Gasteiger partial charge is 0.423 e. The van der Waals surface area contributed by atoms with Crippen molar-refractivity contribution in [3.8, 4) is 5.75 Å². The molecule has 0 unspecified atom stereocenters. The lowest BCUT2D eigenvalue weighted by atomic mass is 10.1. The van der Waals surface area contributed by atoms with Crippen LogP contribution in [0.5, 0.6) is 5.75 Å². The average Bonchev–Trinajstić information content (AvgIpc) is 2.54. The van der Waals surface area contributed by atoms with Crippen LogP contribution in [-0.4, -0.2) is 23.8 Å². The first-order valence-electron chi connectivity index (χ1n) is 6.51. The molecule has 0 aliphatic heterocycles. The highest BCUT2D eigenvalue weighted by molar-refractivity contribution is 5.99. The van der Waals surface area contributed by atoms with Crippen molar-refractivity contribution < 1.29 is 19.2 Å². The second kappa shape index (κ2) is 6.56. The van der Waals surface area contributed by atoms with E-state index in [9.17, 15) is 19.7 Å². The number of carbonyl (C=O) groups excluding carboxylic acids is 2. The number of carbonyl (C=O) groups is 2. The normalized spacial score (nSPS) is 9.96. The number of nitrogens with one attached hydrogen (secondary N) is 1. The van der Waals surface area contributed by atoms with E-state index in [1.807, 2.05) is 0 Å². The van der Waals surface area contributed by atoms with Crippen LogP contribution in [0.1, 0.15) is 20.7 Å². The van der Waals surface area contributed by atoms with Crippen molar-refractivity contribution in [2.75, 3.05) is 12.4 Å². The molecule has 3 N–H and O–H groups in total. The van der Waals surface area contributed by atoms with Gasteiger partial charge in [0.05, 0.1) is 10.5 Å². The topological polar surface area (TPSA) is 125 Å². The molecule has 8 nitrogen and oxygen atoms in total. The van der Waals surface area contributed by atoms with E-state index >= 15 is 0 Å². The van der Waals surface area contributed by atoms with E-state index in [2.05, 4.69) is 5.32 Å². The predicted molar refractivity (Wildman–Crippen MR) is 82.6 cm³/mol. The van der Waals surface area contributed by atoms with Gasteiger partial charge in [-0.1, -0.05) is 12.1 Å². The fourth-order valence-corrected chi connectivity index (χ4v) is 2.00. The number of benzene rings is 2. The Morgan fingerprint density at radius 2 is 1.91 bits per heavy atom. The van der Waals surface area contributed by atoms with Gasteiger partial charge in [0.1, 0.15) is 11.4 Å². The van der Waals surface area contributed by atoms with Gasteiger partial charge >= 0.3 is 5.97 Å². The van der Waals surface area contributed by atoms with Crippen molar-refractivity contribution in [2.24, 2.45) is 5.73 Å². The maximum Gasteiger partial charge on any atom is 0.345 e. The fourth-order valence-electron chi connectivity index (χ4n) is 2.00. The van der Waals surface area contributed by atoms with E-state index in [1.165, 1.54) is 49.5 Å². The minimum Gasteiger partial charge on any atom is -0.423 e. The highest BCUT2D eigenvalue weighted by Gasteiger charge is 2.22. The monoisotopic (exact) mass is 315 g/mol. The highest BCUT2D eigenvalue weighted by atomic mass is 16.6. The molecule has 0 aromatic heterocycles. The molecule has 0 heterocycles. The quantitative estimate of drug-likeness (QED) is 0.376. The zero-order chi connectivity index (χ0) is 17.0. The van der Waals surface area contributed by atoms with Crippen molar-refractivity contribution >= 4 is 23.3 Å². The number of anilines is 1. The van der Waals surface area contributed by atoms with Gasteiger partial charge in [0.15, 0.2) is 0 Å². The third kappa shape index (κ3) is 3.43. The third-order valence-corrected chi connectivity index (χ3v) is 3.04. The van der Waals surface area contributed by atoms with Crippen LogP contribution in [0.4, 0.5) is 11.4 Å². The number of nitrogens with zero attached hydrogens (tertiary/aromatic N) is 1. The number of hydrogen-bond acceptors (Lipinski definition) is 6. The summed E-state index contributed by atoms with van der Waals surface area (Å²) in [6.45, 7) is 0. The number of nitrogens with two attached hydrogens (primary N) is 1. The Hall–Kier alpha value is -3.42. The standard InChI is InChI=1S/C15H13N3O5/c1-17-13-11(6-3-7-12(13)18(21)22)15(20)23-10-5-2-4-9(8-10)14(16)19/h2-8,17H,1H3,(H2,16,19). The number of ether oxygens (including phenoxy) is 1. The molecule has 8 heteroatoms. The number of nitro groups is 1. The van der Waals surface area contributed by atoms with Crippen molar-refractivity contribution in [1.82, 2.24) is 0 Å². The number of hydrogen-bond donors (Lipinski definition) is 2. The molecule has 0 aliphatic rings. The smallest absolute Gasteiger partial charge is 0.345 e. The maximum absolute atomic E-state index is 12.2. The van der Waals surface area contributed by atoms with Crippen LogP contribution in [0.25, 0.3) is 0 Å². The lowest BCUT2D eigenvalue weighted by Gasteiger charge is -2.09. The Kier molecular flexibility index (Phi) is 4.55. The summed E-state index contributed by atoms with van der Waals surface area (Å²) in [5.41, 5.74) is 5.16. The first-order valence-corrected chi connectivity index (χ1v) is 6.51. The first kappa shape index (κ1) is 16.0. The number of rotatable bonds is 5. The lowest BCUT2D eigenvalue weighted by Crippen LogP contribution is -2.14. The van der Waals surface area contributed by atoms with Crippen molar-refractivity contribution in [1.29, 1.82) is 0 Å². The molecule has 23 heavy (non-hydrogen) atoms. The minimum absolute atomic E-state index is 0.00572. The summed E-state index contributed by atoms with van der Waals surface area (Å²) in [4.78, 5) is 33.8. The summed E-state index contributed by atoms with van der Waals surface area (Å²) in [6, 6.07) is 9.84.